The van der Waals surface area contributed by atoms with Crippen LogP contribution in [0.25, 0.3) is 11.4 Å². The summed E-state index contributed by atoms with van der Waals surface area (Å²) < 4.78 is 2.69. The number of para-hydroxylation sites is 1. The summed E-state index contributed by atoms with van der Waals surface area (Å²) in [5, 5.41) is 7.51. The van der Waals surface area contributed by atoms with Gasteiger partial charge in [-0.1, -0.05) is 60.1 Å². The van der Waals surface area contributed by atoms with Crippen LogP contribution in [0.4, 0.5) is 5.69 Å². The number of hydrogen-bond acceptors (Lipinski definition) is 3. The van der Waals surface area contributed by atoms with E-state index in [-0.39, 0.29) is 18.4 Å². The molecule has 1 amide bonds. The van der Waals surface area contributed by atoms with Crippen molar-refractivity contribution in [2.75, 3.05) is 5.32 Å². The van der Waals surface area contributed by atoms with E-state index in [1.807, 2.05) is 69.3 Å². The van der Waals surface area contributed by atoms with Gasteiger partial charge in [0.2, 0.25) is 5.91 Å². The summed E-state index contributed by atoms with van der Waals surface area (Å²) in [6.07, 6.45) is 0. The molecular weight excluding hydrogens is 392 g/mol. The van der Waals surface area contributed by atoms with Crippen molar-refractivity contribution in [3.05, 3.63) is 64.4 Å². The molecule has 1 N–H and O–H groups in total. The number of anilines is 1. The minimum absolute atomic E-state index is 0.117. The van der Waals surface area contributed by atoms with E-state index >= 15 is 0 Å². The van der Waals surface area contributed by atoms with Gasteiger partial charge in [-0.15, -0.1) is 0 Å². The first kappa shape index (κ1) is 18.3. The lowest BCUT2D eigenvalue weighted by molar-refractivity contribution is -0.117. The minimum atomic E-state index is -0.117. The Labute approximate surface area is 161 Å². The fraction of sp³-hybridized carbons (Fsp3) is 0.250. The van der Waals surface area contributed by atoms with E-state index in [4.69, 9.17) is 0 Å². The van der Waals surface area contributed by atoms with Crippen molar-refractivity contribution in [2.24, 2.45) is 0 Å². The van der Waals surface area contributed by atoms with Gasteiger partial charge in [-0.2, -0.15) is 5.10 Å². The Kier molecular flexibility index (Phi) is 5.52. The third-order valence-corrected chi connectivity index (χ3v) is 4.56. The van der Waals surface area contributed by atoms with Crippen LogP contribution in [0.1, 0.15) is 31.2 Å². The Hall–Kier alpha value is -2.47. The van der Waals surface area contributed by atoms with E-state index in [9.17, 15) is 4.79 Å². The van der Waals surface area contributed by atoms with Crippen LogP contribution in [0.2, 0.25) is 0 Å². The average molecular weight is 413 g/mol. The molecule has 0 unspecified atom stereocenters. The maximum absolute atomic E-state index is 12.5. The summed E-state index contributed by atoms with van der Waals surface area (Å²) in [7, 11) is 0. The second-order valence-electron chi connectivity index (χ2n) is 6.48. The zero-order valence-electron chi connectivity index (χ0n) is 15.0. The first-order valence-electron chi connectivity index (χ1n) is 8.50. The summed E-state index contributed by atoms with van der Waals surface area (Å²) in [5.41, 5.74) is 2.77. The second-order valence-corrected chi connectivity index (χ2v) is 7.39. The van der Waals surface area contributed by atoms with E-state index in [2.05, 4.69) is 31.3 Å². The van der Waals surface area contributed by atoms with Crippen molar-refractivity contribution in [1.29, 1.82) is 0 Å². The van der Waals surface area contributed by atoms with E-state index in [1.165, 1.54) is 0 Å². The number of carbonyl (C=O) groups excluding carboxylic acids is 1. The maximum Gasteiger partial charge on any atom is 0.246 e. The Bertz CT molecular complexity index is 916. The van der Waals surface area contributed by atoms with Gasteiger partial charge in [-0.3, -0.25) is 4.79 Å². The number of benzene rings is 2. The van der Waals surface area contributed by atoms with E-state index in [0.717, 1.165) is 27.1 Å². The van der Waals surface area contributed by atoms with Gasteiger partial charge in [-0.25, -0.2) is 9.67 Å². The molecule has 3 aromatic rings. The monoisotopic (exact) mass is 412 g/mol. The van der Waals surface area contributed by atoms with Gasteiger partial charge in [0, 0.05) is 21.6 Å². The van der Waals surface area contributed by atoms with Crippen molar-refractivity contribution in [1.82, 2.24) is 14.8 Å². The first-order chi connectivity index (χ1) is 12.4. The fourth-order valence-corrected chi connectivity index (χ4v) is 2.92. The number of halogens is 1. The molecule has 0 atom stereocenters. The molecule has 3 rings (SSSR count). The zero-order chi connectivity index (χ0) is 18.7. The molecule has 0 spiro atoms. The number of hydrogen-bond donors (Lipinski definition) is 1. The predicted octanol–water partition coefficient (Wildman–Crippen LogP) is 4.78. The molecule has 0 aliphatic rings. The number of nitrogens with one attached hydrogen (secondary N) is 1. The predicted molar refractivity (Wildman–Crippen MR) is 107 cm³/mol. The smallest absolute Gasteiger partial charge is 0.246 e. The van der Waals surface area contributed by atoms with Crippen LogP contribution in [-0.4, -0.2) is 20.7 Å². The molecule has 0 bridgehead atoms. The first-order valence-corrected chi connectivity index (χ1v) is 9.29. The van der Waals surface area contributed by atoms with Crippen LogP contribution in [-0.2, 0) is 11.3 Å². The molecule has 0 aliphatic heterocycles. The van der Waals surface area contributed by atoms with Gasteiger partial charge in [0.1, 0.15) is 12.4 Å². The summed E-state index contributed by atoms with van der Waals surface area (Å²) in [4.78, 5) is 17.1. The number of carbonyl (C=O) groups is 1. The lowest BCUT2D eigenvalue weighted by Gasteiger charge is -2.10. The molecule has 26 heavy (non-hydrogen) atoms. The molecule has 1 heterocycles. The van der Waals surface area contributed by atoms with Crippen LogP contribution >= 0.6 is 15.9 Å². The van der Waals surface area contributed by atoms with Crippen molar-refractivity contribution in [3.8, 4) is 11.4 Å². The summed E-state index contributed by atoms with van der Waals surface area (Å²) in [6, 6.07) is 15.5. The van der Waals surface area contributed by atoms with Crippen LogP contribution in [0.5, 0.6) is 0 Å². The van der Waals surface area contributed by atoms with Crippen LogP contribution < -0.4 is 5.32 Å². The minimum Gasteiger partial charge on any atom is -0.324 e. The van der Waals surface area contributed by atoms with Crippen LogP contribution in [0, 0.1) is 6.92 Å². The van der Waals surface area contributed by atoms with E-state index in [1.54, 1.807) is 4.68 Å². The number of aryl methyl sites for hydroxylation is 1. The third kappa shape index (κ3) is 4.19. The Balaban J connectivity index is 1.83. The molecule has 0 saturated heterocycles. The highest BCUT2D eigenvalue weighted by atomic mass is 79.9. The van der Waals surface area contributed by atoms with Crippen LogP contribution in [0.15, 0.2) is 53.0 Å². The van der Waals surface area contributed by atoms with Gasteiger partial charge in [0.25, 0.3) is 0 Å². The highest BCUT2D eigenvalue weighted by molar-refractivity contribution is 9.10. The van der Waals surface area contributed by atoms with Gasteiger partial charge < -0.3 is 5.32 Å². The quantitative estimate of drug-likeness (QED) is 0.655. The SMILES string of the molecule is Cc1ccccc1NC(=O)Cn1nc(-c2ccc(Br)cc2)nc1C(C)C. The lowest BCUT2D eigenvalue weighted by Crippen LogP contribution is -2.21. The van der Waals surface area contributed by atoms with Crippen molar-refractivity contribution in [3.63, 3.8) is 0 Å². The van der Waals surface area contributed by atoms with Gasteiger partial charge in [0.05, 0.1) is 0 Å². The van der Waals surface area contributed by atoms with Crippen molar-refractivity contribution < 1.29 is 4.79 Å². The molecule has 0 fully saturated rings. The van der Waals surface area contributed by atoms with Crippen molar-refractivity contribution >= 4 is 27.5 Å². The molecule has 1 aromatic heterocycles. The molecule has 0 radical (unpaired) electrons. The largest absolute Gasteiger partial charge is 0.324 e. The van der Waals surface area contributed by atoms with Crippen LogP contribution in [0.3, 0.4) is 0 Å². The van der Waals surface area contributed by atoms with Gasteiger partial charge >= 0.3 is 0 Å². The lowest BCUT2D eigenvalue weighted by atomic mass is 10.2. The Morgan fingerprint density at radius 1 is 1.15 bits per heavy atom. The molecule has 0 aliphatic carbocycles. The molecule has 0 saturated carbocycles. The van der Waals surface area contributed by atoms with Gasteiger partial charge in [0.15, 0.2) is 5.82 Å². The highest BCUT2D eigenvalue weighted by Gasteiger charge is 2.17. The van der Waals surface area contributed by atoms with Crippen molar-refractivity contribution in [2.45, 2.75) is 33.2 Å². The Morgan fingerprint density at radius 3 is 2.50 bits per heavy atom. The molecule has 134 valence electrons. The molecule has 6 heteroatoms. The van der Waals surface area contributed by atoms with E-state index < -0.39 is 0 Å². The fourth-order valence-electron chi connectivity index (χ4n) is 2.66. The summed E-state index contributed by atoms with van der Waals surface area (Å²) in [5.74, 6) is 1.47. The summed E-state index contributed by atoms with van der Waals surface area (Å²) in [6.45, 7) is 6.19. The second kappa shape index (κ2) is 7.83. The molecule has 5 nitrogen and oxygen atoms in total. The summed E-state index contributed by atoms with van der Waals surface area (Å²) >= 11 is 3.43. The topological polar surface area (TPSA) is 59.8 Å². The number of amides is 1. The molecule has 2 aromatic carbocycles. The normalized spacial score (nSPS) is 11.0. The average Bonchev–Trinajstić information content (AvgIpc) is 3.01. The Morgan fingerprint density at radius 2 is 1.85 bits per heavy atom. The van der Waals surface area contributed by atoms with Gasteiger partial charge in [-0.05, 0) is 30.7 Å². The number of rotatable bonds is 5. The highest BCUT2D eigenvalue weighted by Crippen LogP contribution is 2.22. The standard InChI is InChI=1S/C20H21BrN4O/c1-13(2)20-23-19(15-8-10-16(21)11-9-15)24-25(20)12-18(26)22-17-7-5-4-6-14(17)3/h4-11,13H,12H2,1-3H3,(H,22,26). The zero-order valence-corrected chi connectivity index (χ0v) is 16.6. The maximum atomic E-state index is 12.5. The number of nitrogens with zero attached hydrogens (tertiary/aromatic N) is 3. The third-order valence-electron chi connectivity index (χ3n) is 4.03. The molecular formula is C20H21BrN4O. The number of aromatic nitrogens is 3. The van der Waals surface area contributed by atoms with E-state index in [0.29, 0.717) is 5.82 Å².